The van der Waals surface area contributed by atoms with Gasteiger partial charge in [0.05, 0.1) is 6.61 Å². The maximum atomic E-state index is 13.2. The van der Waals surface area contributed by atoms with Crippen molar-refractivity contribution < 1.29 is 24.1 Å². The summed E-state index contributed by atoms with van der Waals surface area (Å²) in [7, 11) is 0. The van der Waals surface area contributed by atoms with Crippen LogP contribution in [0.3, 0.4) is 0 Å². The second kappa shape index (κ2) is 8.29. The first kappa shape index (κ1) is 17.7. The van der Waals surface area contributed by atoms with Crippen LogP contribution in [0, 0.1) is 5.82 Å². The highest BCUT2D eigenvalue weighted by atomic mass is 19.1. The Hall–Kier alpha value is -2.15. The first-order valence-corrected chi connectivity index (χ1v) is 8.29. The molecule has 3 rings (SSSR count). The molecule has 0 aromatic heterocycles. The van der Waals surface area contributed by atoms with E-state index in [1.54, 1.807) is 12.1 Å². The zero-order valence-corrected chi connectivity index (χ0v) is 13.8. The van der Waals surface area contributed by atoms with Crippen LogP contribution in [0.1, 0.15) is 5.56 Å². The van der Waals surface area contributed by atoms with Crippen LogP contribution < -0.4 is 9.47 Å². The number of hydrogen-bond acceptors (Lipinski definition) is 5. The van der Waals surface area contributed by atoms with E-state index in [1.165, 1.54) is 12.1 Å². The third-order valence-corrected chi connectivity index (χ3v) is 4.09. The summed E-state index contributed by atoms with van der Waals surface area (Å²) in [4.78, 5) is 2.10. The van der Waals surface area contributed by atoms with Crippen LogP contribution in [-0.4, -0.2) is 53.6 Å². The Bertz CT molecular complexity index is 679. The molecule has 1 saturated heterocycles. The van der Waals surface area contributed by atoms with Crippen molar-refractivity contribution in [3.8, 4) is 11.5 Å². The van der Waals surface area contributed by atoms with Gasteiger partial charge in [0, 0.05) is 25.7 Å². The fourth-order valence-electron chi connectivity index (χ4n) is 2.91. The van der Waals surface area contributed by atoms with Crippen molar-refractivity contribution >= 4 is 0 Å². The zero-order chi connectivity index (χ0) is 17.6. The molecule has 0 unspecified atom stereocenters. The minimum absolute atomic E-state index is 0.0138. The molecule has 2 aromatic carbocycles. The van der Waals surface area contributed by atoms with Crippen molar-refractivity contribution in [2.45, 2.75) is 18.8 Å². The predicted molar refractivity (Wildman–Crippen MR) is 91.1 cm³/mol. The van der Waals surface area contributed by atoms with Gasteiger partial charge >= 0.3 is 0 Å². The van der Waals surface area contributed by atoms with Gasteiger partial charge in [-0.25, -0.2) is 4.39 Å². The summed E-state index contributed by atoms with van der Waals surface area (Å²) in [5, 5.41) is 19.0. The third kappa shape index (κ3) is 4.92. The molecule has 2 aromatic rings. The summed E-state index contributed by atoms with van der Waals surface area (Å²) in [6.07, 6.45) is -0.996. The molecule has 1 aliphatic heterocycles. The predicted octanol–water partition coefficient (Wildman–Crippen LogP) is 1.82. The van der Waals surface area contributed by atoms with E-state index in [0.717, 1.165) is 5.56 Å². The second-order valence-electron chi connectivity index (χ2n) is 6.09. The van der Waals surface area contributed by atoms with Crippen LogP contribution in [0.15, 0.2) is 48.5 Å². The Morgan fingerprint density at radius 2 is 1.88 bits per heavy atom. The number of halogens is 1. The highest BCUT2D eigenvalue weighted by Crippen LogP contribution is 2.22. The molecule has 2 N–H and O–H groups in total. The fourth-order valence-corrected chi connectivity index (χ4v) is 2.91. The van der Waals surface area contributed by atoms with Crippen LogP contribution in [-0.2, 0) is 6.54 Å². The summed E-state index contributed by atoms with van der Waals surface area (Å²) in [5.41, 5.74) is 1.09. The molecule has 134 valence electrons. The topological polar surface area (TPSA) is 62.2 Å². The number of aliphatic hydroxyl groups is 2. The van der Waals surface area contributed by atoms with Crippen LogP contribution >= 0.6 is 0 Å². The Labute approximate surface area is 146 Å². The van der Waals surface area contributed by atoms with E-state index < -0.39 is 6.10 Å². The number of aliphatic hydroxyl groups excluding tert-OH is 2. The molecule has 1 heterocycles. The average molecular weight is 347 g/mol. The summed E-state index contributed by atoms with van der Waals surface area (Å²) in [5.74, 6) is 0.785. The molecule has 2 atom stereocenters. The van der Waals surface area contributed by atoms with E-state index in [0.29, 0.717) is 31.1 Å². The smallest absolute Gasteiger partial charge is 0.138 e. The van der Waals surface area contributed by atoms with Gasteiger partial charge in [0.15, 0.2) is 0 Å². The first-order valence-electron chi connectivity index (χ1n) is 8.29. The second-order valence-corrected chi connectivity index (χ2v) is 6.09. The van der Waals surface area contributed by atoms with Gasteiger partial charge in [-0.15, -0.1) is 0 Å². The lowest BCUT2D eigenvalue weighted by Gasteiger charge is -2.17. The number of nitrogens with zero attached hydrogens (tertiary/aromatic N) is 1. The van der Waals surface area contributed by atoms with Gasteiger partial charge in [0.1, 0.15) is 36.1 Å². The molecule has 1 aliphatic rings. The van der Waals surface area contributed by atoms with E-state index in [-0.39, 0.29) is 25.1 Å². The van der Waals surface area contributed by atoms with E-state index in [2.05, 4.69) is 4.90 Å². The lowest BCUT2D eigenvalue weighted by Crippen LogP contribution is -2.29. The summed E-state index contributed by atoms with van der Waals surface area (Å²) < 4.78 is 24.3. The molecule has 25 heavy (non-hydrogen) atoms. The Balaban J connectivity index is 1.54. The van der Waals surface area contributed by atoms with Crippen molar-refractivity contribution in [2.24, 2.45) is 0 Å². The minimum Gasteiger partial charge on any atom is -0.491 e. The van der Waals surface area contributed by atoms with Crippen molar-refractivity contribution in [1.82, 2.24) is 4.90 Å². The average Bonchev–Trinajstić information content (AvgIpc) is 2.93. The highest BCUT2D eigenvalue weighted by molar-refractivity contribution is 5.27. The largest absolute Gasteiger partial charge is 0.491 e. The number of benzene rings is 2. The molecular formula is C19H22FNO4. The maximum absolute atomic E-state index is 13.2. The van der Waals surface area contributed by atoms with Gasteiger partial charge in [0.2, 0.25) is 0 Å². The van der Waals surface area contributed by atoms with Crippen LogP contribution in [0.25, 0.3) is 0 Å². The van der Waals surface area contributed by atoms with E-state index in [9.17, 15) is 9.50 Å². The number of rotatable bonds is 7. The van der Waals surface area contributed by atoms with E-state index in [1.807, 2.05) is 24.3 Å². The zero-order valence-electron chi connectivity index (χ0n) is 13.8. The highest BCUT2D eigenvalue weighted by Gasteiger charge is 2.33. The van der Waals surface area contributed by atoms with Gasteiger partial charge in [-0.1, -0.05) is 18.2 Å². The Kier molecular flexibility index (Phi) is 5.86. The maximum Gasteiger partial charge on any atom is 0.138 e. The SMILES string of the molecule is OCCOc1ccc(CN2C[C@H](Oc3cccc(F)c3)[C@@H](O)C2)cc1. The number of likely N-dealkylation sites (tertiary alicyclic amines) is 1. The number of hydrogen-bond donors (Lipinski definition) is 2. The fraction of sp³-hybridized carbons (Fsp3) is 0.368. The first-order chi connectivity index (χ1) is 12.1. The standard InChI is InChI=1S/C19H22FNO4/c20-15-2-1-3-17(10-15)25-19-13-21(12-18(19)23)11-14-4-6-16(7-5-14)24-9-8-22/h1-7,10,18-19,22-23H,8-9,11-13H2/t18-,19-/m0/s1. The lowest BCUT2D eigenvalue weighted by molar-refractivity contribution is 0.0734. The molecule has 0 bridgehead atoms. The van der Waals surface area contributed by atoms with Crippen molar-refractivity contribution in [1.29, 1.82) is 0 Å². The van der Waals surface area contributed by atoms with Crippen LogP contribution in [0.5, 0.6) is 11.5 Å². The number of ether oxygens (including phenoxy) is 2. The molecule has 6 heteroatoms. The summed E-state index contributed by atoms with van der Waals surface area (Å²) >= 11 is 0. The quantitative estimate of drug-likeness (QED) is 0.800. The third-order valence-electron chi connectivity index (χ3n) is 4.09. The molecule has 0 saturated carbocycles. The van der Waals surface area contributed by atoms with E-state index >= 15 is 0 Å². The molecule has 0 amide bonds. The normalized spacial score (nSPS) is 20.6. The van der Waals surface area contributed by atoms with Crippen molar-refractivity contribution in [3.63, 3.8) is 0 Å². The van der Waals surface area contributed by atoms with Gasteiger partial charge in [-0.2, -0.15) is 0 Å². The van der Waals surface area contributed by atoms with Crippen LogP contribution in [0.2, 0.25) is 0 Å². The van der Waals surface area contributed by atoms with Crippen molar-refractivity contribution in [3.05, 3.63) is 59.9 Å². The summed E-state index contributed by atoms with van der Waals surface area (Å²) in [6.45, 7) is 2.01. The number of β-amino-alcohol motifs (C(OH)–C–C–N with tert-alkyl or cyclic N) is 1. The Morgan fingerprint density at radius 1 is 1.08 bits per heavy atom. The molecular weight excluding hydrogens is 325 g/mol. The van der Waals surface area contributed by atoms with Gasteiger partial charge in [-0.3, -0.25) is 4.90 Å². The lowest BCUT2D eigenvalue weighted by atomic mass is 10.2. The summed E-state index contributed by atoms with van der Waals surface area (Å²) in [6, 6.07) is 13.6. The molecule has 1 fully saturated rings. The van der Waals surface area contributed by atoms with E-state index in [4.69, 9.17) is 14.6 Å². The minimum atomic E-state index is -0.615. The Morgan fingerprint density at radius 3 is 2.60 bits per heavy atom. The molecule has 0 aliphatic carbocycles. The van der Waals surface area contributed by atoms with Gasteiger partial charge < -0.3 is 19.7 Å². The van der Waals surface area contributed by atoms with Gasteiger partial charge in [0.25, 0.3) is 0 Å². The van der Waals surface area contributed by atoms with Crippen LogP contribution in [0.4, 0.5) is 4.39 Å². The van der Waals surface area contributed by atoms with Crippen molar-refractivity contribution in [2.75, 3.05) is 26.3 Å². The molecule has 5 nitrogen and oxygen atoms in total. The monoisotopic (exact) mass is 347 g/mol. The van der Waals surface area contributed by atoms with Gasteiger partial charge in [-0.05, 0) is 29.8 Å². The molecule has 0 radical (unpaired) electrons. The molecule has 0 spiro atoms.